The second kappa shape index (κ2) is 5.09. The van der Waals surface area contributed by atoms with Gasteiger partial charge in [-0.1, -0.05) is 12.8 Å². The number of aldehydes is 1. The third kappa shape index (κ3) is 2.02. The molecule has 0 bridgehead atoms. The minimum absolute atomic E-state index is 0.612. The van der Waals surface area contributed by atoms with Crippen LogP contribution in [0.4, 0.5) is 5.82 Å². The number of anilines is 1. The summed E-state index contributed by atoms with van der Waals surface area (Å²) in [6, 6.07) is 4.33. The molecule has 2 aliphatic rings. The number of aromatic nitrogens is 1. The van der Waals surface area contributed by atoms with E-state index in [0.717, 1.165) is 30.1 Å². The first-order chi connectivity index (χ1) is 8.90. The van der Waals surface area contributed by atoms with Crippen molar-refractivity contribution in [1.82, 2.24) is 4.98 Å². The maximum atomic E-state index is 11.2. The van der Waals surface area contributed by atoms with Gasteiger partial charge in [-0.25, -0.2) is 4.98 Å². The zero-order chi connectivity index (χ0) is 12.4. The van der Waals surface area contributed by atoms with Gasteiger partial charge in [-0.3, -0.25) is 4.79 Å². The number of nitrogens with zero attached hydrogens (tertiary/aromatic N) is 2. The Hall–Kier alpha value is -1.38. The molecule has 1 saturated carbocycles. The molecule has 2 atom stereocenters. The Morgan fingerprint density at radius 1 is 1.22 bits per heavy atom. The summed E-state index contributed by atoms with van der Waals surface area (Å²) in [7, 11) is 0. The molecule has 3 nitrogen and oxygen atoms in total. The van der Waals surface area contributed by atoms with Crippen molar-refractivity contribution in [2.24, 2.45) is 5.92 Å². The van der Waals surface area contributed by atoms with Gasteiger partial charge >= 0.3 is 0 Å². The van der Waals surface area contributed by atoms with Crippen LogP contribution in [0.1, 0.15) is 48.9 Å². The molecule has 1 aromatic rings. The lowest BCUT2D eigenvalue weighted by atomic mass is 9.78. The van der Waals surface area contributed by atoms with E-state index in [9.17, 15) is 4.79 Å². The van der Waals surface area contributed by atoms with Gasteiger partial charge < -0.3 is 4.90 Å². The normalized spacial score (nSPS) is 27.7. The fraction of sp³-hybridized carbons (Fsp3) is 0.600. The Morgan fingerprint density at radius 2 is 2.06 bits per heavy atom. The third-order valence-corrected chi connectivity index (χ3v) is 4.46. The molecule has 96 valence electrons. The zero-order valence-electron chi connectivity index (χ0n) is 10.7. The molecular weight excluding hydrogens is 224 g/mol. The quantitative estimate of drug-likeness (QED) is 0.750. The molecule has 1 saturated heterocycles. The Bertz CT molecular complexity index is 430. The highest BCUT2D eigenvalue weighted by molar-refractivity contribution is 5.82. The monoisotopic (exact) mass is 244 g/mol. The van der Waals surface area contributed by atoms with E-state index in [1.807, 2.05) is 12.1 Å². The van der Waals surface area contributed by atoms with Crippen LogP contribution in [0.15, 0.2) is 18.3 Å². The minimum Gasteiger partial charge on any atom is -0.353 e. The van der Waals surface area contributed by atoms with E-state index in [4.69, 9.17) is 0 Å². The van der Waals surface area contributed by atoms with Crippen LogP contribution in [-0.4, -0.2) is 23.9 Å². The molecule has 0 radical (unpaired) electrons. The fourth-order valence-electron chi connectivity index (χ4n) is 3.63. The van der Waals surface area contributed by atoms with Crippen molar-refractivity contribution in [2.75, 3.05) is 11.4 Å². The number of carbonyl (C=O) groups is 1. The summed E-state index contributed by atoms with van der Waals surface area (Å²) in [6.45, 7) is 1.05. The Morgan fingerprint density at radius 3 is 2.94 bits per heavy atom. The highest BCUT2D eigenvalue weighted by Gasteiger charge is 2.34. The number of hydrogen-bond acceptors (Lipinski definition) is 3. The number of hydrogen-bond donors (Lipinski definition) is 0. The van der Waals surface area contributed by atoms with Gasteiger partial charge in [0.15, 0.2) is 6.29 Å². The van der Waals surface area contributed by atoms with Crippen molar-refractivity contribution < 1.29 is 4.79 Å². The van der Waals surface area contributed by atoms with Gasteiger partial charge in [-0.15, -0.1) is 0 Å². The molecule has 2 fully saturated rings. The largest absolute Gasteiger partial charge is 0.353 e. The van der Waals surface area contributed by atoms with Crippen molar-refractivity contribution in [3.63, 3.8) is 0 Å². The molecule has 1 aliphatic carbocycles. The summed E-state index contributed by atoms with van der Waals surface area (Å²) in [5.74, 6) is 1.72. The second-order valence-electron chi connectivity index (χ2n) is 5.48. The third-order valence-electron chi connectivity index (χ3n) is 4.46. The Labute approximate surface area is 108 Å². The molecule has 0 aromatic carbocycles. The van der Waals surface area contributed by atoms with Crippen molar-refractivity contribution in [2.45, 2.75) is 44.6 Å². The number of carbonyl (C=O) groups excluding carboxylic acids is 1. The number of piperidine rings is 1. The van der Waals surface area contributed by atoms with Crippen LogP contribution in [0.25, 0.3) is 0 Å². The maximum Gasteiger partial charge on any atom is 0.153 e. The van der Waals surface area contributed by atoms with Crippen LogP contribution in [-0.2, 0) is 0 Å². The van der Waals surface area contributed by atoms with Gasteiger partial charge in [0.1, 0.15) is 5.82 Å². The topological polar surface area (TPSA) is 33.2 Å². The summed E-state index contributed by atoms with van der Waals surface area (Å²) in [5.41, 5.74) is 0.740. The highest BCUT2D eigenvalue weighted by atomic mass is 16.1. The standard InChI is InChI=1S/C15H20N2O/c18-11-13-6-3-9-16-15(13)17-10-4-7-12-5-1-2-8-14(12)17/h3,6,9,11-12,14H,1-2,4-5,7-8,10H2/t12-,14-/m1/s1. The average molecular weight is 244 g/mol. The van der Waals surface area contributed by atoms with Crippen LogP contribution in [0, 0.1) is 5.92 Å². The second-order valence-corrected chi connectivity index (χ2v) is 5.48. The first-order valence-corrected chi connectivity index (χ1v) is 7.07. The minimum atomic E-state index is 0.612. The summed E-state index contributed by atoms with van der Waals surface area (Å²) in [5, 5.41) is 0. The van der Waals surface area contributed by atoms with Crippen LogP contribution in [0.3, 0.4) is 0 Å². The molecule has 1 aromatic heterocycles. The summed E-state index contributed by atoms with van der Waals surface area (Å²) in [6.07, 6.45) is 10.6. The summed E-state index contributed by atoms with van der Waals surface area (Å²) < 4.78 is 0. The van der Waals surface area contributed by atoms with Gasteiger partial charge in [0.25, 0.3) is 0 Å². The van der Waals surface area contributed by atoms with E-state index in [0.29, 0.717) is 6.04 Å². The number of pyridine rings is 1. The van der Waals surface area contributed by atoms with Crippen molar-refractivity contribution in [3.8, 4) is 0 Å². The summed E-state index contributed by atoms with van der Waals surface area (Å²) >= 11 is 0. The maximum absolute atomic E-state index is 11.2. The molecule has 0 unspecified atom stereocenters. The molecule has 0 amide bonds. The van der Waals surface area contributed by atoms with Crippen LogP contribution in [0.2, 0.25) is 0 Å². The predicted octanol–water partition coefficient (Wildman–Crippen LogP) is 3.05. The molecular formula is C15H20N2O. The lowest BCUT2D eigenvalue weighted by Crippen LogP contribution is -2.47. The Kier molecular flexibility index (Phi) is 3.31. The number of fused-ring (bicyclic) bond motifs is 1. The smallest absolute Gasteiger partial charge is 0.153 e. The molecule has 3 rings (SSSR count). The van der Waals surface area contributed by atoms with Crippen molar-refractivity contribution >= 4 is 12.1 Å². The van der Waals surface area contributed by atoms with E-state index in [2.05, 4.69) is 9.88 Å². The van der Waals surface area contributed by atoms with Gasteiger partial charge in [0, 0.05) is 18.8 Å². The molecule has 2 heterocycles. The average Bonchev–Trinajstić information content (AvgIpc) is 2.46. The predicted molar refractivity (Wildman–Crippen MR) is 72.0 cm³/mol. The fourth-order valence-corrected chi connectivity index (χ4v) is 3.63. The van der Waals surface area contributed by atoms with Crippen LogP contribution < -0.4 is 4.90 Å². The van der Waals surface area contributed by atoms with E-state index < -0.39 is 0 Å². The first kappa shape index (κ1) is 11.7. The zero-order valence-corrected chi connectivity index (χ0v) is 10.7. The number of rotatable bonds is 2. The van der Waals surface area contributed by atoms with E-state index in [1.54, 1.807) is 6.20 Å². The molecule has 0 spiro atoms. The van der Waals surface area contributed by atoms with Gasteiger partial charge in [0.2, 0.25) is 0 Å². The van der Waals surface area contributed by atoms with Gasteiger partial charge in [-0.05, 0) is 43.7 Å². The first-order valence-electron chi connectivity index (χ1n) is 7.07. The van der Waals surface area contributed by atoms with E-state index in [1.165, 1.54) is 38.5 Å². The molecule has 3 heteroatoms. The van der Waals surface area contributed by atoms with Gasteiger partial charge in [-0.2, -0.15) is 0 Å². The molecule has 1 aliphatic heterocycles. The molecule has 0 N–H and O–H groups in total. The van der Waals surface area contributed by atoms with Crippen molar-refractivity contribution in [1.29, 1.82) is 0 Å². The van der Waals surface area contributed by atoms with E-state index in [-0.39, 0.29) is 0 Å². The van der Waals surface area contributed by atoms with Crippen molar-refractivity contribution in [3.05, 3.63) is 23.9 Å². The highest BCUT2D eigenvalue weighted by Crippen LogP contribution is 2.37. The summed E-state index contributed by atoms with van der Waals surface area (Å²) in [4.78, 5) is 18.0. The Balaban J connectivity index is 1.91. The van der Waals surface area contributed by atoms with E-state index >= 15 is 0 Å². The van der Waals surface area contributed by atoms with Crippen LogP contribution in [0.5, 0.6) is 0 Å². The SMILES string of the molecule is O=Cc1cccnc1N1CCC[C@H]2CCCC[C@H]21. The van der Waals surface area contributed by atoms with Gasteiger partial charge in [0.05, 0.1) is 5.56 Å². The molecule has 18 heavy (non-hydrogen) atoms. The lowest BCUT2D eigenvalue weighted by molar-refractivity contribution is 0.112. The lowest BCUT2D eigenvalue weighted by Gasteiger charge is -2.45. The van der Waals surface area contributed by atoms with Crippen LogP contribution >= 0.6 is 0 Å².